The van der Waals surface area contributed by atoms with Crippen molar-refractivity contribution in [3.8, 4) is 0 Å². The molecule has 1 aromatic heterocycles. The van der Waals surface area contributed by atoms with Crippen molar-refractivity contribution in [3.05, 3.63) is 44.0 Å². The van der Waals surface area contributed by atoms with Crippen LogP contribution in [0.1, 0.15) is 11.3 Å². The number of halogens is 1. The van der Waals surface area contributed by atoms with E-state index < -0.39 is 4.92 Å². The van der Waals surface area contributed by atoms with Crippen molar-refractivity contribution in [2.24, 2.45) is 0 Å². The van der Waals surface area contributed by atoms with E-state index in [1.54, 1.807) is 17.8 Å². The van der Waals surface area contributed by atoms with Gasteiger partial charge in [-0.1, -0.05) is 23.5 Å². The van der Waals surface area contributed by atoms with E-state index >= 15 is 0 Å². The van der Waals surface area contributed by atoms with Crippen molar-refractivity contribution in [2.45, 2.75) is 16.9 Å². The number of aromatic nitrogens is 1. The summed E-state index contributed by atoms with van der Waals surface area (Å²) in [5, 5.41) is 11.4. The minimum atomic E-state index is -0.395. The fraction of sp³-hybridized carbons (Fsp3) is 0.182. The molecule has 0 aliphatic rings. The molecule has 0 unspecified atom stereocenters. The number of nitrogens with two attached hydrogens (primary N) is 1. The highest BCUT2D eigenvalue weighted by Gasteiger charge is 2.15. The zero-order valence-corrected chi connectivity index (χ0v) is 13.1. The van der Waals surface area contributed by atoms with Gasteiger partial charge in [-0.2, -0.15) is 0 Å². The van der Waals surface area contributed by atoms with E-state index in [1.165, 1.54) is 17.4 Å². The maximum atomic E-state index is 10.8. The number of hydrogen-bond acceptors (Lipinski definition) is 6. The van der Waals surface area contributed by atoms with Crippen LogP contribution in [0, 0.1) is 17.0 Å². The van der Waals surface area contributed by atoms with Gasteiger partial charge >= 0.3 is 0 Å². The van der Waals surface area contributed by atoms with Gasteiger partial charge in [0.15, 0.2) is 5.13 Å². The number of thiazole rings is 1. The lowest BCUT2D eigenvalue weighted by Gasteiger charge is -2.04. The van der Waals surface area contributed by atoms with E-state index in [4.69, 9.17) is 5.73 Å². The molecule has 0 bridgehead atoms. The van der Waals surface area contributed by atoms with Gasteiger partial charge in [-0.05, 0) is 28.4 Å². The normalized spacial score (nSPS) is 10.6. The molecule has 1 aromatic carbocycles. The number of hydrogen-bond donors (Lipinski definition) is 1. The first-order chi connectivity index (χ1) is 8.99. The second-order valence-corrected chi connectivity index (χ2v) is 6.79. The third-order valence-corrected chi connectivity index (χ3v) is 5.70. The molecule has 2 N–H and O–H groups in total. The van der Waals surface area contributed by atoms with Crippen LogP contribution >= 0.6 is 39.0 Å². The Kier molecular flexibility index (Phi) is 4.43. The van der Waals surface area contributed by atoms with E-state index in [9.17, 15) is 10.1 Å². The Morgan fingerprint density at radius 3 is 2.89 bits per heavy atom. The number of nitrogens with zero attached hydrogens (tertiary/aromatic N) is 2. The van der Waals surface area contributed by atoms with Crippen LogP contribution in [0.5, 0.6) is 0 Å². The lowest BCUT2D eigenvalue weighted by molar-refractivity contribution is -0.385. The van der Waals surface area contributed by atoms with Gasteiger partial charge in [-0.25, -0.2) is 4.98 Å². The Hall–Kier alpha value is -1.12. The first-order valence-electron chi connectivity index (χ1n) is 5.26. The highest BCUT2D eigenvalue weighted by molar-refractivity contribution is 9.10. The number of thioether (sulfide) groups is 1. The fourth-order valence-electron chi connectivity index (χ4n) is 1.50. The predicted molar refractivity (Wildman–Crippen MR) is 81.6 cm³/mol. The molecule has 2 aromatic rings. The maximum Gasteiger partial charge on any atom is 0.283 e. The van der Waals surface area contributed by atoms with Gasteiger partial charge in [0, 0.05) is 11.8 Å². The molecule has 19 heavy (non-hydrogen) atoms. The van der Waals surface area contributed by atoms with Crippen molar-refractivity contribution in [3.63, 3.8) is 0 Å². The van der Waals surface area contributed by atoms with E-state index in [-0.39, 0.29) is 5.69 Å². The van der Waals surface area contributed by atoms with E-state index in [0.29, 0.717) is 15.4 Å². The number of aryl methyl sites for hydroxylation is 1. The Balaban J connectivity index is 2.18. The molecule has 0 radical (unpaired) electrons. The topological polar surface area (TPSA) is 82.0 Å². The summed E-state index contributed by atoms with van der Waals surface area (Å²) in [6.07, 6.45) is 0. The molecule has 2 rings (SSSR count). The third-order valence-electron chi connectivity index (χ3n) is 2.38. The molecule has 5 nitrogen and oxygen atoms in total. The zero-order chi connectivity index (χ0) is 14.0. The second-order valence-electron chi connectivity index (χ2n) is 3.72. The van der Waals surface area contributed by atoms with Crippen LogP contribution in [-0.2, 0) is 5.75 Å². The fourth-order valence-corrected chi connectivity index (χ4v) is 4.25. The van der Waals surface area contributed by atoms with Gasteiger partial charge in [0.1, 0.15) is 0 Å². The second kappa shape index (κ2) is 5.89. The van der Waals surface area contributed by atoms with Crippen LogP contribution in [-0.4, -0.2) is 9.91 Å². The SMILES string of the molecule is Cc1nc(N)sc1SCc1cccc([N+](=O)[O-])c1Br. The largest absolute Gasteiger partial charge is 0.375 e. The summed E-state index contributed by atoms with van der Waals surface area (Å²) in [6, 6.07) is 5.03. The van der Waals surface area contributed by atoms with Gasteiger partial charge in [0.05, 0.1) is 19.3 Å². The molecule has 0 spiro atoms. The Morgan fingerprint density at radius 1 is 1.58 bits per heavy atom. The maximum absolute atomic E-state index is 10.8. The number of nitrogen functional groups attached to an aromatic ring is 1. The van der Waals surface area contributed by atoms with Crippen molar-refractivity contribution < 1.29 is 4.92 Å². The number of rotatable bonds is 4. The molecular formula is C11H10BrN3O2S2. The molecule has 0 fully saturated rings. The Morgan fingerprint density at radius 2 is 2.32 bits per heavy atom. The predicted octanol–water partition coefficient (Wildman–Crippen LogP) is 4.00. The number of nitro benzene ring substituents is 1. The van der Waals surface area contributed by atoms with Crippen LogP contribution < -0.4 is 5.73 Å². The average Bonchev–Trinajstić information content (AvgIpc) is 2.66. The van der Waals surface area contributed by atoms with Crippen molar-refractivity contribution >= 4 is 49.8 Å². The monoisotopic (exact) mass is 359 g/mol. The lowest BCUT2D eigenvalue weighted by atomic mass is 10.2. The average molecular weight is 360 g/mol. The molecule has 0 saturated heterocycles. The van der Waals surface area contributed by atoms with Crippen molar-refractivity contribution in [1.82, 2.24) is 4.98 Å². The van der Waals surface area contributed by atoms with Gasteiger partial charge in [-0.3, -0.25) is 10.1 Å². The van der Waals surface area contributed by atoms with E-state index in [0.717, 1.165) is 15.5 Å². The van der Waals surface area contributed by atoms with Gasteiger partial charge in [0.2, 0.25) is 0 Å². The number of anilines is 1. The minimum Gasteiger partial charge on any atom is -0.375 e. The minimum absolute atomic E-state index is 0.0821. The van der Waals surface area contributed by atoms with Crippen LogP contribution in [0.4, 0.5) is 10.8 Å². The van der Waals surface area contributed by atoms with Crippen LogP contribution in [0.15, 0.2) is 26.9 Å². The molecule has 0 aliphatic carbocycles. The summed E-state index contributed by atoms with van der Waals surface area (Å²) in [6.45, 7) is 1.90. The van der Waals surface area contributed by atoms with E-state index in [2.05, 4.69) is 20.9 Å². The van der Waals surface area contributed by atoms with Crippen molar-refractivity contribution in [1.29, 1.82) is 0 Å². The number of nitro groups is 1. The smallest absolute Gasteiger partial charge is 0.283 e. The highest BCUT2D eigenvalue weighted by atomic mass is 79.9. The lowest BCUT2D eigenvalue weighted by Crippen LogP contribution is -1.92. The quantitative estimate of drug-likeness (QED) is 0.506. The standard InChI is InChI=1S/C11H10BrN3O2S2/c1-6-10(19-11(13)14-6)18-5-7-3-2-4-8(9(7)12)15(16)17/h2-4H,5H2,1H3,(H2,13,14). The summed E-state index contributed by atoms with van der Waals surface area (Å²) in [4.78, 5) is 14.6. The summed E-state index contributed by atoms with van der Waals surface area (Å²) >= 11 is 6.30. The Bertz CT molecular complexity index is 630. The van der Waals surface area contributed by atoms with Crippen LogP contribution in [0.2, 0.25) is 0 Å². The van der Waals surface area contributed by atoms with Gasteiger partial charge in [0.25, 0.3) is 5.69 Å². The summed E-state index contributed by atoms with van der Waals surface area (Å²) in [5.41, 5.74) is 7.50. The molecule has 0 amide bonds. The summed E-state index contributed by atoms with van der Waals surface area (Å²) in [7, 11) is 0. The Labute approximate surface area is 126 Å². The van der Waals surface area contributed by atoms with Gasteiger partial charge < -0.3 is 5.73 Å². The molecule has 0 atom stereocenters. The van der Waals surface area contributed by atoms with E-state index in [1.807, 2.05) is 13.0 Å². The third kappa shape index (κ3) is 3.26. The van der Waals surface area contributed by atoms with Gasteiger partial charge in [-0.15, -0.1) is 11.8 Å². The van der Waals surface area contributed by atoms with Crippen LogP contribution in [0.25, 0.3) is 0 Å². The van der Waals surface area contributed by atoms with Crippen molar-refractivity contribution in [2.75, 3.05) is 5.73 Å². The van der Waals surface area contributed by atoms with Crippen LogP contribution in [0.3, 0.4) is 0 Å². The highest BCUT2D eigenvalue weighted by Crippen LogP contribution is 2.36. The zero-order valence-electron chi connectivity index (χ0n) is 9.92. The molecule has 8 heteroatoms. The molecule has 1 heterocycles. The molecule has 0 aliphatic heterocycles. The molecule has 100 valence electrons. The first kappa shape index (κ1) is 14.3. The molecule has 0 saturated carbocycles. The molecular weight excluding hydrogens is 350 g/mol. The first-order valence-corrected chi connectivity index (χ1v) is 7.86. The summed E-state index contributed by atoms with van der Waals surface area (Å²) < 4.78 is 1.57. The number of benzene rings is 1. The summed E-state index contributed by atoms with van der Waals surface area (Å²) in [5.74, 6) is 0.630.